The summed E-state index contributed by atoms with van der Waals surface area (Å²) in [6.45, 7) is -0.102. The van der Waals surface area contributed by atoms with Crippen LogP contribution in [-0.2, 0) is 12.7 Å². The average molecular weight is 343 g/mol. The molecule has 2 rings (SSSR count). The first kappa shape index (κ1) is 17.4. The molecule has 24 heavy (non-hydrogen) atoms. The van der Waals surface area contributed by atoms with E-state index in [1.54, 1.807) is 0 Å². The second-order valence-electron chi connectivity index (χ2n) is 4.34. The Labute approximate surface area is 134 Å². The molecule has 8 nitrogen and oxygen atoms in total. The predicted octanol–water partition coefficient (Wildman–Crippen LogP) is 1.23. The van der Waals surface area contributed by atoms with Crippen LogP contribution in [0.3, 0.4) is 0 Å². The van der Waals surface area contributed by atoms with Gasteiger partial charge in [-0.15, -0.1) is 4.98 Å². The summed E-state index contributed by atoms with van der Waals surface area (Å²) in [6.07, 6.45) is -3.72. The Morgan fingerprint density at radius 2 is 1.75 bits per heavy atom. The maximum absolute atomic E-state index is 12.4. The number of methoxy groups -OCH3 is 2. The average Bonchev–Trinajstić information content (AvgIpc) is 2.58. The summed E-state index contributed by atoms with van der Waals surface area (Å²) < 4.78 is 47.0. The largest absolute Gasteiger partial charge is 0.467 e. The summed E-state index contributed by atoms with van der Waals surface area (Å²) in [5, 5.41) is 2.45. The lowest BCUT2D eigenvalue weighted by Gasteiger charge is -2.08. The Hall–Kier alpha value is -2.98. The van der Waals surface area contributed by atoms with Crippen molar-refractivity contribution in [3.05, 3.63) is 35.4 Å². The van der Waals surface area contributed by atoms with Gasteiger partial charge in [0.15, 0.2) is 5.82 Å². The molecule has 0 aliphatic heterocycles. The van der Waals surface area contributed by atoms with Crippen LogP contribution in [0.5, 0.6) is 12.0 Å². The number of halogens is 3. The molecule has 0 radical (unpaired) electrons. The number of ether oxygens (including phenoxy) is 2. The van der Waals surface area contributed by atoms with Crippen molar-refractivity contribution in [2.75, 3.05) is 14.2 Å². The standard InChI is InChI=1S/C13H12F3N5O3/c1-23-11-19-9(20-12(21-11)24-2)6-18-10(22)7-3-4-8(17-5-7)13(14,15)16/h3-5H,6H2,1-2H3,(H,18,22). The van der Waals surface area contributed by atoms with E-state index in [0.29, 0.717) is 0 Å². The number of nitrogens with zero attached hydrogens (tertiary/aromatic N) is 4. The fourth-order valence-electron chi connectivity index (χ4n) is 1.60. The van der Waals surface area contributed by atoms with Crippen LogP contribution in [-0.4, -0.2) is 40.1 Å². The third kappa shape index (κ3) is 4.27. The summed E-state index contributed by atoms with van der Waals surface area (Å²) in [6, 6.07) is 1.76. The fourth-order valence-corrected chi connectivity index (χ4v) is 1.60. The molecule has 0 spiro atoms. The zero-order chi connectivity index (χ0) is 17.7. The first-order chi connectivity index (χ1) is 11.3. The summed E-state index contributed by atoms with van der Waals surface area (Å²) >= 11 is 0. The van der Waals surface area contributed by atoms with Gasteiger partial charge in [0.1, 0.15) is 5.69 Å². The van der Waals surface area contributed by atoms with Crippen LogP contribution in [0.25, 0.3) is 0 Å². The molecule has 0 unspecified atom stereocenters. The van der Waals surface area contributed by atoms with E-state index in [4.69, 9.17) is 9.47 Å². The van der Waals surface area contributed by atoms with E-state index in [1.165, 1.54) is 14.2 Å². The quantitative estimate of drug-likeness (QED) is 0.872. The van der Waals surface area contributed by atoms with E-state index in [1.807, 2.05) is 0 Å². The van der Waals surface area contributed by atoms with Crippen LogP contribution in [0.4, 0.5) is 13.2 Å². The molecule has 1 amide bonds. The molecule has 0 aliphatic carbocycles. The van der Waals surface area contributed by atoms with E-state index >= 15 is 0 Å². The molecule has 11 heteroatoms. The highest BCUT2D eigenvalue weighted by Gasteiger charge is 2.32. The Balaban J connectivity index is 2.05. The maximum atomic E-state index is 12.4. The zero-order valence-corrected chi connectivity index (χ0v) is 12.6. The van der Waals surface area contributed by atoms with Crippen molar-refractivity contribution in [3.63, 3.8) is 0 Å². The SMILES string of the molecule is COc1nc(CNC(=O)c2ccc(C(F)(F)F)nc2)nc(OC)n1. The van der Waals surface area contributed by atoms with Gasteiger partial charge in [0.25, 0.3) is 5.91 Å². The van der Waals surface area contributed by atoms with Crippen LogP contribution in [0, 0.1) is 0 Å². The molecule has 0 atom stereocenters. The lowest BCUT2D eigenvalue weighted by Crippen LogP contribution is -2.24. The highest BCUT2D eigenvalue weighted by molar-refractivity contribution is 5.93. The van der Waals surface area contributed by atoms with Gasteiger partial charge in [0.2, 0.25) is 0 Å². The molecule has 1 N–H and O–H groups in total. The summed E-state index contributed by atoms with van der Waals surface area (Å²) in [7, 11) is 2.70. The molecule has 0 bridgehead atoms. The fraction of sp³-hybridized carbons (Fsp3) is 0.308. The summed E-state index contributed by atoms with van der Waals surface area (Å²) in [5.74, 6) is -0.471. The Bertz CT molecular complexity index is 700. The molecule has 128 valence electrons. The van der Waals surface area contributed by atoms with Crippen LogP contribution < -0.4 is 14.8 Å². The van der Waals surface area contributed by atoms with E-state index in [9.17, 15) is 18.0 Å². The number of rotatable bonds is 5. The zero-order valence-electron chi connectivity index (χ0n) is 12.6. The molecule has 0 aliphatic rings. The topological polar surface area (TPSA) is 99.1 Å². The van der Waals surface area contributed by atoms with Gasteiger partial charge < -0.3 is 14.8 Å². The normalized spacial score (nSPS) is 11.0. The molecular weight excluding hydrogens is 331 g/mol. The molecular formula is C13H12F3N5O3. The highest BCUT2D eigenvalue weighted by atomic mass is 19.4. The first-order valence-electron chi connectivity index (χ1n) is 6.48. The van der Waals surface area contributed by atoms with Crippen molar-refractivity contribution >= 4 is 5.91 Å². The van der Waals surface area contributed by atoms with Gasteiger partial charge in [-0.05, 0) is 12.1 Å². The van der Waals surface area contributed by atoms with Crippen molar-refractivity contribution in [3.8, 4) is 12.0 Å². The number of carbonyl (C=O) groups excluding carboxylic acids is 1. The van der Waals surface area contributed by atoms with E-state index < -0.39 is 17.8 Å². The number of nitrogens with one attached hydrogen (secondary N) is 1. The van der Waals surface area contributed by atoms with Crippen molar-refractivity contribution in [1.82, 2.24) is 25.3 Å². The minimum atomic E-state index is -4.56. The van der Waals surface area contributed by atoms with E-state index in [0.717, 1.165) is 18.3 Å². The lowest BCUT2D eigenvalue weighted by atomic mass is 10.2. The van der Waals surface area contributed by atoms with E-state index in [-0.39, 0.29) is 30.0 Å². The number of pyridine rings is 1. The van der Waals surface area contributed by atoms with Crippen molar-refractivity contribution in [2.45, 2.75) is 12.7 Å². The minimum absolute atomic E-state index is 0.00213. The lowest BCUT2D eigenvalue weighted by molar-refractivity contribution is -0.141. The van der Waals surface area contributed by atoms with Crippen molar-refractivity contribution in [2.24, 2.45) is 0 Å². The van der Waals surface area contributed by atoms with Gasteiger partial charge in [-0.3, -0.25) is 9.78 Å². The summed E-state index contributed by atoms with van der Waals surface area (Å²) in [5.41, 5.74) is -1.11. The molecule has 2 aromatic heterocycles. The third-order valence-electron chi connectivity index (χ3n) is 2.73. The number of hydrogen-bond acceptors (Lipinski definition) is 7. The number of alkyl halides is 3. The van der Waals surface area contributed by atoms with Crippen molar-refractivity contribution < 1.29 is 27.4 Å². The van der Waals surface area contributed by atoms with Crippen molar-refractivity contribution in [1.29, 1.82) is 0 Å². The molecule has 0 saturated carbocycles. The first-order valence-corrected chi connectivity index (χ1v) is 6.48. The predicted molar refractivity (Wildman–Crippen MR) is 73.3 cm³/mol. The van der Waals surface area contributed by atoms with E-state index in [2.05, 4.69) is 25.3 Å². The molecule has 0 fully saturated rings. The maximum Gasteiger partial charge on any atom is 0.433 e. The molecule has 0 aromatic carbocycles. The molecule has 2 aromatic rings. The van der Waals surface area contributed by atoms with Gasteiger partial charge in [-0.2, -0.15) is 23.1 Å². The second kappa shape index (κ2) is 7.06. The van der Waals surface area contributed by atoms with Crippen LogP contribution >= 0.6 is 0 Å². The number of amides is 1. The smallest absolute Gasteiger partial charge is 0.433 e. The number of hydrogen-bond donors (Lipinski definition) is 1. The van der Waals surface area contributed by atoms with Gasteiger partial charge in [0, 0.05) is 6.20 Å². The minimum Gasteiger partial charge on any atom is -0.467 e. The van der Waals surface area contributed by atoms with Gasteiger partial charge in [-0.25, -0.2) is 0 Å². The van der Waals surface area contributed by atoms with Gasteiger partial charge in [0.05, 0.1) is 26.3 Å². The molecule has 0 saturated heterocycles. The van der Waals surface area contributed by atoms with Crippen LogP contribution in [0.2, 0.25) is 0 Å². The monoisotopic (exact) mass is 343 g/mol. The van der Waals surface area contributed by atoms with Gasteiger partial charge in [-0.1, -0.05) is 0 Å². The third-order valence-corrected chi connectivity index (χ3v) is 2.73. The van der Waals surface area contributed by atoms with Crippen LogP contribution in [0.15, 0.2) is 18.3 Å². The number of carbonyl (C=O) groups is 1. The highest BCUT2D eigenvalue weighted by Crippen LogP contribution is 2.27. The Morgan fingerprint density at radius 1 is 1.12 bits per heavy atom. The second-order valence-corrected chi connectivity index (χ2v) is 4.34. The Morgan fingerprint density at radius 3 is 2.21 bits per heavy atom. The number of aromatic nitrogens is 4. The summed E-state index contributed by atoms with van der Waals surface area (Å²) in [4.78, 5) is 26.7. The van der Waals surface area contributed by atoms with Crippen LogP contribution in [0.1, 0.15) is 21.9 Å². The molecule has 2 heterocycles. The van der Waals surface area contributed by atoms with Gasteiger partial charge >= 0.3 is 18.2 Å². The Kier molecular flexibility index (Phi) is 5.11.